The van der Waals surface area contributed by atoms with Gasteiger partial charge < -0.3 is 19.6 Å². The first-order valence-corrected chi connectivity index (χ1v) is 6.35. The van der Waals surface area contributed by atoms with Gasteiger partial charge >= 0.3 is 0 Å². The smallest absolute Gasteiger partial charge is 0.0716 e. The molecule has 2 aromatic rings. The van der Waals surface area contributed by atoms with Crippen molar-refractivity contribution in [2.75, 3.05) is 26.3 Å². The standard InChI is InChI=1S/C14H16N2O3/c17-14(18)10-1-2-12-11(8-15-13(12)7-10)9-16-3-5-19-6-4-16/h1-2,7-8,15H,3-6,9H2,(H,17,18)/p-1. The molecule has 0 amide bonds. The van der Waals surface area contributed by atoms with Crippen LogP contribution >= 0.6 is 0 Å². The van der Waals surface area contributed by atoms with Crippen LogP contribution in [0, 0.1) is 0 Å². The summed E-state index contributed by atoms with van der Waals surface area (Å²) in [5.41, 5.74) is 2.22. The number of hydrogen-bond donors (Lipinski definition) is 1. The number of aromatic nitrogens is 1. The SMILES string of the molecule is O=C([O-])c1ccc2c(CN3CCOCC3)c[nH]c2c1. The van der Waals surface area contributed by atoms with Crippen LogP contribution in [-0.4, -0.2) is 42.2 Å². The number of carbonyl (C=O) groups is 1. The molecule has 0 aliphatic carbocycles. The van der Waals surface area contributed by atoms with Gasteiger partial charge in [0.2, 0.25) is 0 Å². The molecule has 0 atom stereocenters. The second-order valence-corrected chi connectivity index (χ2v) is 4.75. The zero-order chi connectivity index (χ0) is 13.2. The van der Waals surface area contributed by atoms with Crippen LogP contribution in [0.4, 0.5) is 0 Å². The Morgan fingerprint density at radius 1 is 1.37 bits per heavy atom. The van der Waals surface area contributed by atoms with Crippen molar-refractivity contribution >= 4 is 16.9 Å². The number of carbonyl (C=O) groups excluding carboxylic acids is 1. The van der Waals surface area contributed by atoms with Crippen molar-refractivity contribution in [2.24, 2.45) is 0 Å². The van der Waals surface area contributed by atoms with E-state index in [2.05, 4.69) is 9.88 Å². The first kappa shape index (κ1) is 12.2. The van der Waals surface area contributed by atoms with Crippen LogP contribution in [-0.2, 0) is 11.3 Å². The molecule has 0 saturated carbocycles. The summed E-state index contributed by atoms with van der Waals surface area (Å²) in [4.78, 5) is 16.3. The predicted molar refractivity (Wildman–Crippen MR) is 68.7 cm³/mol. The molecule has 0 bridgehead atoms. The maximum Gasteiger partial charge on any atom is 0.0716 e. The van der Waals surface area contributed by atoms with E-state index in [1.807, 2.05) is 12.3 Å². The summed E-state index contributed by atoms with van der Waals surface area (Å²) in [6.45, 7) is 4.27. The highest BCUT2D eigenvalue weighted by atomic mass is 16.5. The van der Waals surface area contributed by atoms with Gasteiger partial charge in [-0.15, -0.1) is 0 Å². The van der Waals surface area contributed by atoms with Crippen LogP contribution in [0.15, 0.2) is 24.4 Å². The van der Waals surface area contributed by atoms with Gasteiger partial charge in [-0.25, -0.2) is 0 Å². The minimum atomic E-state index is -1.15. The summed E-state index contributed by atoms with van der Waals surface area (Å²) in [6.07, 6.45) is 1.94. The summed E-state index contributed by atoms with van der Waals surface area (Å²) in [7, 11) is 0. The first-order valence-electron chi connectivity index (χ1n) is 6.35. The van der Waals surface area contributed by atoms with Gasteiger partial charge in [0.05, 0.1) is 19.2 Å². The molecule has 5 heteroatoms. The van der Waals surface area contributed by atoms with Crippen molar-refractivity contribution in [3.63, 3.8) is 0 Å². The van der Waals surface area contributed by atoms with Gasteiger partial charge in [-0.1, -0.05) is 12.1 Å². The molecule has 1 fully saturated rings. The van der Waals surface area contributed by atoms with E-state index in [9.17, 15) is 9.90 Å². The van der Waals surface area contributed by atoms with Crippen molar-refractivity contribution in [2.45, 2.75) is 6.54 Å². The van der Waals surface area contributed by atoms with Gasteiger partial charge in [0.25, 0.3) is 0 Å². The Labute approximate surface area is 110 Å². The van der Waals surface area contributed by atoms with Crippen LogP contribution in [0.3, 0.4) is 0 Å². The zero-order valence-corrected chi connectivity index (χ0v) is 10.5. The van der Waals surface area contributed by atoms with E-state index in [0.29, 0.717) is 0 Å². The van der Waals surface area contributed by atoms with Crippen molar-refractivity contribution in [3.8, 4) is 0 Å². The van der Waals surface area contributed by atoms with Crippen LogP contribution in [0.1, 0.15) is 15.9 Å². The van der Waals surface area contributed by atoms with E-state index in [4.69, 9.17) is 4.74 Å². The third-order valence-corrected chi connectivity index (χ3v) is 3.50. The van der Waals surface area contributed by atoms with Gasteiger partial charge in [0.1, 0.15) is 0 Å². The summed E-state index contributed by atoms with van der Waals surface area (Å²) >= 11 is 0. The molecule has 0 radical (unpaired) electrons. The van der Waals surface area contributed by atoms with Crippen LogP contribution in [0.25, 0.3) is 10.9 Å². The molecule has 19 heavy (non-hydrogen) atoms. The van der Waals surface area contributed by atoms with Crippen molar-refractivity contribution in [3.05, 3.63) is 35.5 Å². The van der Waals surface area contributed by atoms with E-state index >= 15 is 0 Å². The molecule has 0 spiro atoms. The van der Waals surface area contributed by atoms with Crippen molar-refractivity contribution < 1.29 is 14.6 Å². The Balaban J connectivity index is 1.86. The second-order valence-electron chi connectivity index (χ2n) is 4.75. The molecule has 1 aromatic heterocycles. The lowest BCUT2D eigenvalue weighted by Crippen LogP contribution is -2.35. The number of aromatic amines is 1. The Hall–Kier alpha value is -1.85. The third-order valence-electron chi connectivity index (χ3n) is 3.50. The third kappa shape index (κ3) is 2.47. The minimum absolute atomic E-state index is 0.201. The van der Waals surface area contributed by atoms with Gasteiger partial charge in [0, 0.05) is 36.7 Å². The average molecular weight is 259 g/mol. The quantitative estimate of drug-likeness (QED) is 0.864. The number of ether oxygens (including phenoxy) is 1. The number of nitrogens with zero attached hydrogens (tertiary/aromatic N) is 1. The molecule has 1 aliphatic heterocycles. The van der Waals surface area contributed by atoms with E-state index in [0.717, 1.165) is 43.8 Å². The highest BCUT2D eigenvalue weighted by Crippen LogP contribution is 2.21. The molecule has 1 saturated heterocycles. The highest BCUT2D eigenvalue weighted by molar-refractivity contribution is 5.93. The first-order chi connectivity index (χ1) is 9.24. The number of fused-ring (bicyclic) bond motifs is 1. The molecule has 1 aliphatic rings. The number of carboxylic acids is 1. The Morgan fingerprint density at radius 3 is 2.89 bits per heavy atom. The molecule has 1 aromatic carbocycles. The zero-order valence-electron chi connectivity index (χ0n) is 10.5. The Bertz CT molecular complexity index is 600. The second kappa shape index (κ2) is 5.03. The van der Waals surface area contributed by atoms with Crippen LogP contribution < -0.4 is 5.11 Å². The molecular formula is C14H15N2O3-. The van der Waals surface area contributed by atoms with Gasteiger partial charge in [-0.3, -0.25) is 4.90 Å². The molecule has 0 unspecified atom stereocenters. The number of nitrogens with one attached hydrogen (secondary N) is 1. The fourth-order valence-electron chi connectivity index (χ4n) is 2.44. The van der Waals surface area contributed by atoms with Gasteiger partial charge in [-0.05, 0) is 17.2 Å². The predicted octanol–water partition coefficient (Wildman–Crippen LogP) is 0.364. The van der Waals surface area contributed by atoms with Crippen molar-refractivity contribution in [1.29, 1.82) is 0 Å². The van der Waals surface area contributed by atoms with Gasteiger partial charge in [-0.2, -0.15) is 0 Å². The molecule has 2 heterocycles. The number of carboxylic acid groups (broad SMARTS) is 1. The largest absolute Gasteiger partial charge is 0.545 e. The lowest BCUT2D eigenvalue weighted by Gasteiger charge is -2.26. The summed E-state index contributed by atoms with van der Waals surface area (Å²) < 4.78 is 5.33. The maximum absolute atomic E-state index is 10.8. The number of benzene rings is 1. The number of rotatable bonds is 3. The Morgan fingerprint density at radius 2 is 2.16 bits per heavy atom. The van der Waals surface area contributed by atoms with Crippen LogP contribution in [0.5, 0.6) is 0 Å². The number of H-pyrrole nitrogens is 1. The van der Waals surface area contributed by atoms with Gasteiger partial charge in [0.15, 0.2) is 0 Å². The fourth-order valence-corrected chi connectivity index (χ4v) is 2.44. The highest BCUT2D eigenvalue weighted by Gasteiger charge is 2.13. The summed E-state index contributed by atoms with van der Waals surface area (Å²) in [5, 5.41) is 11.9. The molecule has 3 rings (SSSR count). The average Bonchev–Trinajstić information content (AvgIpc) is 2.82. The lowest BCUT2D eigenvalue weighted by atomic mass is 10.1. The summed E-state index contributed by atoms with van der Waals surface area (Å²) in [6, 6.07) is 5.05. The number of aromatic carboxylic acids is 1. The number of hydrogen-bond acceptors (Lipinski definition) is 4. The Kier molecular flexibility index (Phi) is 3.23. The topological polar surface area (TPSA) is 68.4 Å². The maximum atomic E-state index is 10.8. The fraction of sp³-hybridized carbons (Fsp3) is 0.357. The monoisotopic (exact) mass is 259 g/mol. The number of morpholine rings is 1. The molecule has 5 nitrogen and oxygen atoms in total. The minimum Gasteiger partial charge on any atom is -0.545 e. The normalized spacial score (nSPS) is 16.8. The molecule has 100 valence electrons. The van der Waals surface area contributed by atoms with E-state index in [1.54, 1.807) is 12.1 Å². The summed E-state index contributed by atoms with van der Waals surface area (Å²) in [5.74, 6) is -1.15. The van der Waals surface area contributed by atoms with E-state index in [1.165, 1.54) is 5.56 Å². The van der Waals surface area contributed by atoms with E-state index < -0.39 is 5.97 Å². The lowest BCUT2D eigenvalue weighted by molar-refractivity contribution is -0.255. The van der Waals surface area contributed by atoms with E-state index in [-0.39, 0.29) is 5.56 Å². The van der Waals surface area contributed by atoms with Crippen molar-refractivity contribution in [1.82, 2.24) is 9.88 Å². The van der Waals surface area contributed by atoms with Crippen LogP contribution in [0.2, 0.25) is 0 Å². The molecule has 1 N–H and O–H groups in total. The molecular weight excluding hydrogens is 244 g/mol.